The predicted molar refractivity (Wildman–Crippen MR) is 67.5 cm³/mol. The van der Waals surface area contributed by atoms with Crippen molar-refractivity contribution >= 4 is 5.84 Å². The van der Waals surface area contributed by atoms with E-state index in [1.165, 1.54) is 0 Å². The van der Waals surface area contributed by atoms with E-state index in [1.807, 2.05) is 25.1 Å². The Hall–Kier alpha value is -2.01. The van der Waals surface area contributed by atoms with E-state index < -0.39 is 5.79 Å². The molecule has 2 rings (SSSR count). The zero-order valence-corrected chi connectivity index (χ0v) is 9.90. The largest absolute Gasteiger partial charge is 0.496 e. The molecule has 0 saturated carbocycles. The number of nitrogens with zero attached hydrogens (tertiary/aromatic N) is 1. The molecule has 0 spiro atoms. The van der Waals surface area contributed by atoms with Crippen LogP contribution in [0.2, 0.25) is 0 Å². The van der Waals surface area contributed by atoms with E-state index in [-0.39, 0.29) is 0 Å². The lowest BCUT2D eigenvalue weighted by Crippen LogP contribution is -2.49. The Morgan fingerprint density at radius 3 is 2.82 bits per heavy atom. The molecule has 1 aromatic rings. The molecule has 0 aliphatic carbocycles. The summed E-state index contributed by atoms with van der Waals surface area (Å²) in [5.41, 5.74) is 13.7. The third-order valence-electron chi connectivity index (χ3n) is 2.63. The number of nitrogens with one attached hydrogen (secondary N) is 1. The predicted octanol–water partition coefficient (Wildman–Crippen LogP) is 0.547. The van der Waals surface area contributed by atoms with Crippen LogP contribution in [0, 0.1) is 6.92 Å². The second-order valence-corrected chi connectivity index (χ2v) is 3.98. The fraction of sp³-hybridized carbons (Fsp3) is 0.250. The molecular weight excluding hydrogens is 216 g/mol. The lowest BCUT2D eigenvalue weighted by atomic mass is 10.0. The molecule has 0 aromatic heterocycles. The summed E-state index contributed by atoms with van der Waals surface area (Å²) in [5, 5.41) is 2.99. The van der Waals surface area contributed by atoms with Gasteiger partial charge in [-0.15, -0.1) is 0 Å². The minimum absolute atomic E-state index is 0.384. The molecule has 0 radical (unpaired) electrons. The lowest BCUT2D eigenvalue weighted by molar-refractivity contribution is 0.360. The third-order valence-corrected chi connectivity index (χ3v) is 2.63. The molecule has 1 atom stereocenters. The van der Waals surface area contributed by atoms with Gasteiger partial charge >= 0.3 is 0 Å². The molecule has 90 valence electrons. The molecule has 17 heavy (non-hydrogen) atoms. The van der Waals surface area contributed by atoms with E-state index >= 15 is 0 Å². The SMILES string of the molecule is COc1ccc(C)cc1C1(N)N=C(N)C=CN1. The van der Waals surface area contributed by atoms with Crippen molar-refractivity contribution < 1.29 is 4.74 Å². The Balaban J connectivity index is 2.52. The van der Waals surface area contributed by atoms with E-state index in [2.05, 4.69) is 10.3 Å². The molecule has 0 saturated heterocycles. The van der Waals surface area contributed by atoms with Gasteiger partial charge in [-0.05, 0) is 25.1 Å². The van der Waals surface area contributed by atoms with Crippen LogP contribution in [0.25, 0.3) is 0 Å². The Morgan fingerprint density at radius 1 is 1.41 bits per heavy atom. The number of ether oxygens (including phenoxy) is 1. The van der Waals surface area contributed by atoms with Gasteiger partial charge in [0, 0.05) is 6.20 Å². The summed E-state index contributed by atoms with van der Waals surface area (Å²) in [6.45, 7) is 1.98. The Morgan fingerprint density at radius 2 is 2.18 bits per heavy atom. The van der Waals surface area contributed by atoms with Crippen LogP contribution in [-0.4, -0.2) is 12.9 Å². The smallest absolute Gasteiger partial charge is 0.214 e. The highest BCUT2D eigenvalue weighted by atomic mass is 16.5. The van der Waals surface area contributed by atoms with E-state index in [0.717, 1.165) is 11.1 Å². The first-order valence-electron chi connectivity index (χ1n) is 5.29. The second kappa shape index (κ2) is 4.10. The van der Waals surface area contributed by atoms with Crippen molar-refractivity contribution in [1.82, 2.24) is 5.32 Å². The van der Waals surface area contributed by atoms with Crippen LogP contribution < -0.4 is 21.5 Å². The number of hydrogen-bond donors (Lipinski definition) is 3. The van der Waals surface area contributed by atoms with Gasteiger partial charge < -0.3 is 15.8 Å². The monoisotopic (exact) mass is 232 g/mol. The molecule has 5 heteroatoms. The van der Waals surface area contributed by atoms with Crippen LogP contribution >= 0.6 is 0 Å². The average Bonchev–Trinajstić information content (AvgIpc) is 2.28. The van der Waals surface area contributed by atoms with Gasteiger partial charge in [-0.2, -0.15) is 0 Å². The Bertz CT molecular complexity index is 495. The highest BCUT2D eigenvalue weighted by Gasteiger charge is 2.30. The maximum atomic E-state index is 6.21. The average molecular weight is 232 g/mol. The van der Waals surface area contributed by atoms with Crippen molar-refractivity contribution in [2.75, 3.05) is 7.11 Å². The molecule has 0 fully saturated rings. The summed E-state index contributed by atoms with van der Waals surface area (Å²) >= 11 is 0. The Kier molecular flexibility index (Phi) is 2.77. The summed E-state index contributed by atoms with van der Waals surface area (Å²) in [7, 11) is 1.60. The van der Waals surface area contributed by atoms with E-state index in [4.69, 9.17) is 16.2 Å². The van der Waals surface area contributed by atoms with Gasteiger partial charge in [0.05, 0.1) is 12.7 Å². The quantitative estimate of drug-likeness (QED) is 0.695. The maximum absolute atomic E-state index is 6.21. The van der Waals surface area contributed by atoms with Gasteiger partial charge in [0.25, 0.3) is 0 Å². The summed E-state index contributed by atoms with van der Waals surface area (Å²) in [6.07, 6.45) is 3.34. The van der Waals surface area contributed by atoms with Gasteiger partial charge in [0.15, 0.2) is 0 Å². The van der Waals surface area contributed by atoms with Crippen LogP contribution in [0.5, 0.6) is 5.75 Å². The van der Waals surface area contributed by atoms with Crippen molar-refractivity contribution in [3.8, 4) is 5.75 Å². The molecule has 1 aliphatic heterocycles. The zero-order chi connectivity index (χ0) is 12.5. The van der Waals surface area contributed by atoms with Gasteiger partial charge in [0.1, 0.15) is 11.6 Å². The van der Waals surface area contributed by atoms with Crippen LogP contribution in [0.4, 0.5) is 0 Å². The number of amidine groups is 1. The van der Waals surface area contributed by atoms with Gasteiger partial charge in [-0.1, -0.05) is 11.6 Å². The first-order chi connectivity index (χ1) is 8.05. The van der Waals surface area contributed by atoms with Gasteiger partial charge in [-0.25, -0.2) is 4.99 Å². The molecule has 1 aliphatic rings. The van der Waals surface area contributed by atoms with Crippen LogP contribution in [-0.2, 0) is 5.79 Å². The van der Waals surface area contributed by atoms with Crippen molar-refractivity contribution in [2.24, 2.45) is 16.5 Å². The number of nitrogens with two attached hydrogens (primary N) is 2. The van der Waals surface area contributed by atoms with Gasteiger partial charge in [0.2, 0.25) is 5.79 Å². The minimum atomic E-state index is -1.07. The molecule has 1 aromatic carbocycles. The fourth-order valence-corrected chi connectivity index (χ4v) is 1.78. The summed E-state index contributed by atoms with van der Waals surface area (Å²) in [5.74, 6) is -0.0109. The molecule has 0 bridgehead atoms. The number of rotatable bonds is 2. The fourth-order valence-electron chi connectivity index (χ4n) is 1.78. The molecule has 0 amide bonds. The molecule has 1 heterocycles. The third kappa shape index (κ3) is 2.09. The first kappa shape index (κ1) is 11.5. The number of aliphatic imine (C=N–C) groups is 1. The first-order valence-corrected chi connectivity index (χ1v) is 5.29. The normalized spacial score (nSPS) is 22.9. The number of benzene rings is 1. The highest BCUT2D eigenvalue weighted by Crippen LogP contribution is 2.29. The van der Waals surface area contributed by atoms with Crippen LogP contribution in [0.3, 0.4) is 0 Å². The van der Waals surface area contributed by atoms with Crippen molar-refractivity contribution in [1.29, 1.82) is 0 Å². The highest BCUT2D eigenvalue weighted by molar-refractivity contribution is 5.92. The maximum Gasteiger partial charge on any atom is 0.214 e. The van der Waals surface area contributed by atoms with Crippen LogP contribution in [0.1, 0.15) is 11.1 Å². The van der Waals surface area contributed by atoms with Crippen molar-refractivity contribution in [2.45, 2.75) is 12.7 Å². The van der Waals surface area contributed by atoms with Crippen LogP contribution in [0.15, 0.2) is 35.5 Å². The number of methoxy groups -OCH3 is 1. The molecule has 1 unspecified atom stereocenters. The zero-order valence-electron chi connectivity index (χ0n) is 9.90. The van der Waals surface area contributed by atoms with E-state index in [9.17, 15) is 0 Å². The lowest BCUT2D eigenvalue weighted by Gasteiger charge is -2.30. The number of hydrogen-bond acceptors (Lipinski definition) is 5. The molecule has 5 N–H and O–H groups in total. The molecule has 5 nitrogen and oxygen atoms in total. The van der Waals surface area contributed by atoms with Gasteiger partial charge in [-0.3, -0.25) is 5.73 Å². The standard InChI is InChI=1S/C12H16N4O/c1-8-3-4-10(17-2)9(7-8)12(14)15-6-5-11(13)16-12/h3-7,15H,14H2,1-2H3,(H2,13,16). The summed E-state index contributed by atoms with van der Waals surface area (Å²) in [6, 6.07) is 5.75. The Labute approximate surface area is 100 Å². The summed E-state index contributed by atoms with van der Waals surface area (Å²) in [4.78, 5) is 4.23. The second-order valence-electron chi connectivity index (χ2n) is 3.98. The van der Waals surface area contributed by atoms with E-state index in [0.29, 0.717) is 11.6 Å². The minimum Gasteiger partial charge on any atom is -0.496 e. The number of aryl methyl sites for hydroxylation is 1. The van der Waals surface area contributed by atoms with Crippen molar-refractivity contribution in [3.63, 3.8) is 0 Å². The van der Waals surface area contributed by atoms with Crippen molar-refractivity contribution in [3.05, 3.63) is 41.6 Å². The summed E-state index contributed by atoms with van der Waals surface area (Å²) < 4.78 is 5.30. The topological polar surface area (TPSA) is 85.7 Å². The van der Waals surface area contributed by atoms with E-state index in [1.54, 1.807) is 19.4 Å². The molecular formula is C12H16N4O.